The first kappa shape index (κ1) is 19.9. The van der Waals surface area contributed by atoms with E-state index in [2.05, 4.69) is 15.5 Å². The zero-order valence-electron chi connectivity index (χ0n) is 15.7. The molecule has 0 saturated heterocycles. The zero-order valence-corrected chi connectivity index (χ0v) is 15.7. The summed E-state index contributed by atoms with van der Waals surface area (Å²) in [6, 6.07) is 9.57. The molecular weight excluding hydrogens is 300 g/mol. The SMILES string of the molecule is CC.CC.Cc1nnc([C@H]2CC[C@@H]2C(=O)Nc2ccccc2)n1C. The fourth-order valence-corrected chi connectivity index (χ4v) is 2.63. The Morgan fingerprint density at radius 3 is 2.17 bits per heavy atom. The number of hydrogen-bond donors (Lipinski definition) is 1. The van der Waals surface area contributed by atoms with Crippen LogP contribution in [0.2, 0.25) is 0 Å². The summed E-state index contributed by atoms with van der Waals surface area (Å²) in [5.41, 5.74) is 0.845. The van der Waals surface area contributed by atoms with Crippen molar-refractivity contribution in [3.63, 3.8) is 0 Å². The number of hydrogen-bond acceptors (Lipinski definition) is 3. The van der Waals surface area contributed by atoms with Gasteiger partial charge in [-0.2, -0.15) is 0 Å². The van der Waals surface area contributed by atoms with Gasteiger partial charge in [0.05, 0.1) is 0 Å². The van der Waals surface area contributed by atoms with Gasteiger partial charge in [-0.25, -0.2) is 0 Å². The molecule has 2 aromatic rings. The molecule has 1 fully saturated rings. The third-order valence-electron chi connectivity index (χ3n) is 4.11. The van der Waals surface area contributed by atoms with Crippen molar-refractivity contribution in [3.8, 4) is 0 Å². The number of carbonyl (C=O) groups excluding carboxylic acids is 1. The van der Waals surface area contributed by atoms with E-state index in [1.165, 1.54) is 0 Å². The van der Waals surface area contributed by atoms with E-state index in [-0.39, 0.29) is 17.7 Å². The monoisotopic (exact) mass is 330 g/mol. The number of benzene rings is 1. The predicted octanol–water partition coefficient (Wildman–Crippen LogP) is 4.31. The third kappa shape index (κ3) is 4.43. The Balaban J connectivity index is 0.000000671. The molecular formula is C19H30N4O. The van der Waals surface area contributed by atoms with Crippen LogP contribution in [0.15, 0.2) is 30.3 Å². The van der Waals surface area contributed by atoms with Gasteiger partial charge in [0.25, 0.3) is 0 Å². The largest absolute Gasteiger partial charge is 0.326 e. The first-order chi connectivity index (χ1) is 11.7. The molecule has 0 bridgehead atoms. The topological polar surface area (TPSA) is 59.8 Å². The predicted molar refractivity (Wildman–Crippen MR) is 99.0 cm³/mol. The number of amides is 1. The van der Waals surface area contributed by atoms with Crippen LogP contribution in [0, 0.1) is 12.8 Å². The lowest BCUT2D eigenvalue weighted by Gasteiger charge is -2.34. The summed E-state index contributed by atoms with van der Waals surface area (Å²) < 4.78 is 1.98. The van der Waals surface area contributed by atoms with Crippen LogP contribution in [0.1, 0.15) is 58.1 Å². The summed E-state index contributed by atoms with van der Waals surface area (Å²) in [6.07, 6.45) is 1.91. The van der Waals surface area contributed by atoms with Crippen molar-refractivity contribution in [2.45, 2.75) is 53.4 Å². The van der Waals surface area contributed by atoms with E-state index < -0.39 is 0 Å². The fraction of sp³-hybridized carbons (Fsp3) is 0.526. The van der Waals surface area contributed by atoms with E-state index in [0.717, 1.165) is 30.2 Å². The highest BCUT2D eigenvalue weighted by atomic mass is 16.1. The van der Waals surface area contributed by atoms with E-state index >= 15 is 0 Å². The molecule has 1 aromatic heterocycles. The molecule has 132 valence electrons. The second-order valence-corrected chi connectivity index (χ2v) is 5.31. The van der Waals surface area contributed by atoms with Crippen molar-refractivity contribution in [2.24, 2.45) is 13.0 Å². The molecule has 2 atom stereocenters. The lowest BCUT2D eigenvalue weighted by atomic mass is 9.72. The number of nitrogens with one attached hydrogen (secondary N) is 1. The minimum Gasteiger partial charge on any atom is -0.326 e. The Hall–Kier alpha value is -2.17. The molecule has 3 rings (SSSR count). The highest BCUT2D eigenvalue weighted by Gasteiger charge is 2.40. The van der Waals surface area contributed by atoms with E-state index in [9.17, 15) is 4.79 Å². The molecule has 0 unspecified atom stereocenters. The van der Waals surface area contributed by atoms with Gasteiger partial charge < -0.3 is 9.88 Å². The van der Waals surface area contributed by atoms with Crippen molar-refractivity contribution in [1.29, 1.82) is 0 Å². The molecule has 5 nitrogen and oxygen atoms in total. The van der Waals surface area contributed by atoms with Gasteiger partial charge in [0.1, 0.15) is 11.6 Å². The molecule has 24 heavy (non-hydrogen) atoms. The van der Waals surface area contributed by atoms with Crippen LogP contribution < -0.4 is 5.32 Å². The summed E-state index contributed by atoms with van der Waals surface area (Å²) in [4.78, 5) is 12.3. The Morgan fingerprint density at radius 1 is 1.08 bits per heavy atom. The first-order valence-electron chi connectivity index (χ1n) is 8.88. The summed E-state index contributed by atoms with van der Waals surface area (Å²) >= 11 is 0. The summed E-state index contributed by atoms with van der Waals surface area (Å²) in [7, 11) is 1.95. The van der Waals surface area contributed by atoms with E-state index in [4.69, 9.17) is 0 Å². The minimum absolute atomic E-state index is 0.00231. The maximum absolute atomic E-state index is 12.3. The zero-order chi connectivity index (χ0) is 18.1. The van der Waals surface area contributed by atoms with Crippen molar-refractivity contribution in [2.75, 3.05) is 5.32 Å². The second-order valence-electron chi connectivity index (χ2n) is 5.31. The molecule has 1 aliphatic carbocycles. The number of para-hydroxylation sites is 1. The molecule has 1 saturated carbocycles. The van der Waals surface area contributed by atoms with Crippen molar-refractivity contribution in [3.05, 3.63) is 42.0 Å². The first-order valence-corrected chi connectivity index (χ1v) is 8.88. The van der Waals surface area contributed by atoms with Gasteiger partial charge in [-0.15, -0.1) is 10.2 Å². The Labute approximate surface area is 145 Å². The van der Waals surface area contributed by atoms with Gasteiger partial charge >= 0.3 is 0 Å². The molecule has 1 aromatic carbocycles. The number of aryl methyl sites for hydroxylation is 1. The van der Waals surface area contributed by atoms with Gasteiger partial charge in [-0.1, -0.05) is 45.9 Å². The molecule has 0 spiro atoms. The van der Waals surface area contributed by atoms with Gasteiger partial charge in [-0.3, -0.25) is 4.79 Å². The van der Waals surface area contributed by atoms with Gasteiger partial charge in [0.2, 0.25) is 5.91 Å². The minimum atomic E-state index is -0.00231. The molecule has 0 aliphatic heterocycles. The van der Waals surface area contributed by atoms with Crippen LogP contribution >= 0.6 is 0 Å². The molecule has 1 heterocycles. The maximum atomic E-state index is 12.3. The fourth-order valence-electron chi connectivity index (χ4n) is 2.63. The van der Waals surface area contributed by atoms with Crippen LogP contribution in [0.5, 0.6) is 0 Å². The lowest BCUT2D eigenvalue weighted by Crippen LogP contribution is -2.36. The molecule has 0 radical (unpaired) electrons. The highest BCUT2D eigenvalue weighted by molar-refractivity contribution is 5.93. The molecule has 1 aliphatic rings. The van der Waals surface area contributed by atoms with Crippen molar-refractivity contribution < 1.29 is 4.79 Å². The number of nitrogens with zero attached hydrogens (tertiary/aromatic N) is 3. The number of carbonyl (C=O) groups is 1. The Bertz CT molecular complexity index is 622. The van der Waals surface area contributed by atoms with Crippen LogP contribution in [0.3, 0.4) is 0 Å². The van der Waals surface area contributed by atoms with Crippen molar-refractivity contribution >= 4 is 11.6 Å². The average Bonchev–Trinajstić information content (AvgIpc) is 2.91. The van der Waals surface area contributed by atoms with Gasteiger partial charge in [0, 0.05) is 24.6 Å². The van der Waals surface area contributed by atoms with Crippen LogP contribution in [0.4, 0.5) is 5.69 Å². The summed E-state index contributed by atoms with van der Waals surface area (Å²) in [5, 5.41) is 11.3. The van der Waals surface area contributed by atoms with Gasteiger partial charge in [-0.05, 0) is 31.9 Å². The third-order valence-corrected chi connectivity index (χ3v) is 4.11. The summed E-state index contributed by atoms with van der Waals surface area (Å²) in [6.45, 7) is 9.92. The Morgan fingerprint density at radius 2 is 1.71 bits per heavy atom. The standard InChI is InChI=1S/C15H18N4O.2C2H6/c1-10-17-18-14(19(10)2)12-8-9-13(12)15(20)16-11-6-4-3-5-7-11;2*1-2/h3-7,12-13H,8-9H2,1-2H3,(H,16,20);2*1-2H3/t12-,13-;;/m0../s1. The number of aromatic nitrogens is 3. The van der Waals surface area contributed by atoms with E-state index in [1.807, 2.05) is 76.6 Å². The van der Waals surface area contributed by atoms with Crippen LogP contribution in [0.25, 0.3) is 0 Å². The second kappa shape index (κ2) is 9.85. The van der Waals surface area contributed by atoms with Crippen molar-refractivity contribution in [1.82, 2.24) is 14.8 Å². The molecule has 1 amide bonds. The molecule has 5 heteroatoms. The Kier molecular flexibility index (Phi) is 8.16. The average molecular weight is 330 g/mol. The van der Waals surface area contributed by atoms with E-state index in [0.29, 0.717) is 0 Å². The quantitative estimate of drug-likeness (QED) is 0.912. The summed E-state index contributed by atoms with van der Waals surface area (Å²) in [5.74, 6) is 2.06. The molecule has 1 N–H and O–H groups in total. The van der Waals surface area contributed by atoms with Crippen LogP contribution in [-0.4, -0.2) is 20.7 Å². The normalized spacial score (nSPS) is 18.2. The lowest BCUT2D eigenvalue weighted by molar-refractivity contribution is -0.123. The smallest absolute Gasteiger partial charge is 0.228 e. The number of rotatable bonds is 3. The van der Waals surface area contributed by atoms with E-state index in [1.54, 1.807) is 0 Å². The highest BCUT2D eigenvalue weighted by Crippen LogP contribution is 2.42. The van der Waals surface area contributed by atoms with Gasteiger partial charge in [0.15, 0.2) is 0 Å². The van der Waals surface area contributed by atoms with Crippen LogP contribution in [-0.2, 0) is 11.8 Å². The number of anilines is 1. The maximum Gasteiger partial charge on any atom is 0.228 e.